The summed E-state index contributed by atoms with van der Waals surface area (Å²) in [7, 11) is 0. The highest BCUT2D eigenvalue weighted by Crippen LogP contribution is 2.33. The Bertz CT molecular complexity index is 576. The minimum Gasteiger partial charge on any atom is -0.508 e. The van der Waals surface area contributed by atoms with E-state index in [0.717, 1.165) is 22.8 Å². The van der Waals surface area contributed by atoms with Crippen molar-refractivity contribution in [3.8, 4) is 16.3 Å². The Hall–Kier alpha value is -1.39. The summed E-state index contributed by atoms with van der Waals surface area (Å²) >= 11 is 1.71. The lowest BCUT2D eigenvalue weighted by Gasteiger charge is -2.09. The van der Waals surface area contributed by atoms with Crippen LogP contribution in [0.3, 0.4) is 0 Å². The highest BCUT2D eigenvalue weighted by molar-refractivity contribution is 7.15. The largest absolute Gasteiger partial charge is 0.508 e. The van der Waals surface area contributed by atoms with Crippen molar-refractivity contribution in [2.75, 3.05) is 0 Å². The second kappa shape index (κ2) is 6.37. The zero-order valence-electron chi connectivity index (χ0n) is 12.5. The number of nitrogens with one attached hydrogen (secondary N) is 1. The SMILES string of the molecule is CC(C)NCc1sc(-c2cccc(O)c2)nc1C(C)C. The van der Waals surface area contributed by atoms with Crippen molar-refractivity contribution in [3.63, 3.8) is 0 Å². The number of aromatic nitrogens is 1. The van der Waals surface area contributed by atoms with E-state index in [4.69, 9.17) is 4.98 Å². The molecule has 3 nitrogen and oxygen atoms in total. The highest BCUT2D eigenvalue weighted by Gasteiger charge is 2.15. The molecule has 0 aliphatic rings. The summed E-state index contributed by atoms with van der Waals surface area (Å²) in [6.45, 7) is 9.47. The fourth-order valence-electron chi connectivity index (χ4n) is 2.00. The van der Waals surface area contributed by atoms with Crippen LogP contribution in [0.4, 0.5) is 0 Å². The van der Waals surface area contributed by atoms with Crippen LogP contribution in [0, 0.1) is 0 Å². The molecule has 0 fully saturated rings. The van der Waals surface area contributed by atoms with Crippen LogP contribution in [0.15, 0.2) is 24.3 Å². The van der Waals surface area contributed by atoms with Crippen LogP contribution in [0.2, 0.25) is 0 Å². The lowest BCUT2D eigenvalue weighted by atomic mass is 10.1. The number of rotatable bonds is 5. The molecule has 0 aliphatic carbocycles. The van der Waals surface area contributed by atoms with Crippen molar-refractivity contribution in [1.29, 1.82) is 0 Å². The van der Waals surface area contributed by atoms with Crippen LogP contribution >= 0.6 is 11.3 Å². The van der Waals surface area contributed by atoms with Gasteiger partial charge in [-0.25, -0.2) is 4.98 Å². The maximum Gasteiger partial charge on any atom is 0.124 e. The molecule has 0 aliphatic heterocycles. The van der Waals surface area contributed by atoms with Gasteiger partial charge in [0.15, 0.2) is 0 Å². The molecular weight excluding hydrogens is 268 g/mol. The van der Waals surface area contributed by atoms with E-state index in [1.54, 1.807) is 23.5 Å². The number of aromatic hydroxyl groups is 1. The number of hydrogen-bond donors (Lipinski definition) is 2. The van der Waals surface area contributed by atoms with Crippen molar-refractivity contribution < 1.29 is 5.11 Å². The first-order chi connectivity index (χ1) is 9.47. The Kier molecular flexibility index (Phi) is 4.78. The van der Waals surface area contributed by atoms with Crippen molar-refractivity contribution in [2.24, 2.45) is 0 Å². The van der Waals surface area contributed by atoms with E-state index in [9.17, 15) is 5.11 Å². The fraction of sp³-hybridized carbons (Fsp3) is 0.438. The second-order valence-electron chi connectivity index (χ2n) is 5.57. The molecule has 0 saturated carbocycles. The zero-order valence-corrected chi connectivity index (χ0v) is 13.3. The average Bonchev–Trinajstić information content (AvgIpc) is 2.80. The summed E-state index contributed by atoms with van der Waals surface area (Å²) in [4.78, 5) is 6.05. The van der Waals surface area contributed by atoms with E-state index in [-0.39, 0.29) is 5.75 Å². The van der Waals surface area contributed by atoms with Gasteiger partial charge in [0, 0.05) is 23.0 Å². The first-order valence-corrected chi connectivity index (χ1v) is 7.81. The molecule has 1 aromatic carbocycles. The van der Waals surface area contributed by atoms with Gasteiger partial charge in [-0.15, -0.1) is 11.3 Å². The van der Waals surface area contributed by atoms with Gasteiger partial charge in [-0.3, -0.25) is 0 Å². The topological polar surface area (TPSA) is 45.1 Å². The predicted molar refractivity (Wildman–Crippen MR) is 85.3 cm³/mol. The molecule has 1 aromatic heterocycles. The molecular formula is C16H22N2OS. The smallest absolute Gasteiger partial charge is 0.124 e. The fourth-order valence-corrected chi connectivity index (χ4v) is 3.16. The van der Waals surface area contributed by atoms with Gasteiger partial charge >= 0.3 is 0 Å². The molecule has 0 bridgehead atoms. The zero-order chi connectivity index (χ0) is 14.7. The maximum absolute atomic E-state index is 9.60. The van der Waals surface area contributed by atoms with E-state index in [1.165, 1.54) is 4.88 Å². The number of thiazole rings is 1. The number of phenolic OH excluding ortho intramolecular Hbond substituents is 1. The lowest BCUT2D eigenvalue weighted by Crippen LogP contribution is -2.22. The van der Waals surface area contributed by atoms with Gasteiger partial charge in [-0.05, 0) is 18.1 Å². The summed E-state index contributed by atoms with van der Waals surface area (Å²) in [6, 6.07) is 7.75. The summed E-state index contributed by atoms with van der Waals surface area (Å²) in [5.41, 5.74) is 2.13. The molecule has 0 amide bonds. The third-order valence-corrected chi connectivity index (χ3v) is 4.16. The first kappa shape index (κ1) is 15.0. The van der Waals surface area contributed by atoms with Gasteiger partial charge in [-0.2, -0.15) is 0 Å². The summed E-state index contributed by atoms with van der Waals surface area (Å²) in [6.07, 6.45) is 0. The Morgan fingerprint density at radius 2 is 2.00 bits per heavy atom. The molecule has 0 unspecified atom stereocenters. The molecule has 0 saturated heterocycles. The Morgan fingerprint density at radius 1 is 1.25 bits per heavy atom. The van der Waals surface area contributed by atoms with E-state index >= 15 is 0 Å². The van der Waals surface area contributed by atoms with Gasteiger partial charge in [0.25, 0.3) is 0 Å². The normalized spacial score (nSPS) is 11.5. The molecule has 108 valence electrons. The van der Waals surface area contributed by atoms with Crippen LogP contribution in [-0.4, -0.2) is 16.1 Å². The maximum atomic E-state index is 9.60. The van der Waals surface area contributed by atoms with Crippen LogP contribution in [0.5, 0.6) is 5.75 Å². The van der Waals surface area contributed by atoms with Crippen molar-refractivity contribution in [3.05, 3.63) is 34.8 Å². The monoisotopic (exact) mass is 290 g/mol. The van der Waals surface area contributed by atoms with Crippen molar-refractivity contribution in [1.82, 2.24) is 10.3 Å². The molecule has 0 radical (unpaired) electrons. The Balaban J connectivity index is 2.33. The second-order valence-corrected chi connectivity index (χ2v) is 6.65. The standard InChI is InChI=1S/C16H22N2OS/c1-10(2)15-14(9-17-11(3)4)20-16(18-15)12-6-5-7-13(19)8-12/h5-8,10-11,17,19H,9H2,1-4H3. The Morgan fingerprint density at radius 3 is 2.60 bits per heavy atom. The average molecular weight is 290 g/mol. The van der Waals surface area contributed by atoms with E-state index in [0.29, 0.717) is 12.0 Å². The summed E-state index contributed by atoms with van der Waals surface area (Å²) in [5.74, 6) is 0.687. The third kappa shape index (κ3) is 3.58. The first-order valence-electron chi connectivity index (χ1n) is 6.99. The lowest BCUT2D eigenvalue weighted by molar-refractivity contribution is 0.475. The summed E-state index contributed by atoms with van der Waals surface area (Å²) in [5, 5.41) is 14.0. The van der Waals surface area contributed by atoms with Crippen molar-refractivity contribution in [2.45, 2.75) is 46.2 Å². The predicted octanol–water partition coefficient (Wildman–Crippen LogP) is 4.14. The van der Waals surface area contributed by atoms with Gasteiger partial charge in [-0.1, -0.05) is 39.8 Å². The van der Waals surface area contributed by atoms with E-state index in [2.05, 4.69) is 33.0 Å². The van der Waals surface area contributed by atoms with Gasteiger partial charge in [0.05, 0.1) is 5.69 Å². The van der Waals surface area contributed by atoms with Gasteiger partial charge in [0.2, 0.25) is 0 Å². The minimum atomic E-state index is 0.283. The quantitative estimate of drug-likeness (QED) is 0.870. The summed E-state index contributed by atoms with van der Waals surface area (Å²) < 4.78 is 0. The van der Waals surface area contributed by atoms with Crippen molar-refractivity contribution >= 4 is 11.3 Å². The molecule has 1 heterocycles. The molecule has 0 spiro atoms. The molecule has 2 N–H and O–H groups in total. The molecule has 0 atom stereocenters. The van der Waals surface area contributed by atoms with Crippen LogP contribution in [0.1, 0.15) is 44.2 Å². The highest BCUT2D eigenvalue weighted by atomic mass is 32.1. The molecule has 20 heavy (non-hydrogen) atoms. The van der Waals surface area contributed by atoms with Crippen LogP contribution in [-0.2, 0) is 6.54 Å². The van der Waals surface area contributed by atoms with E-state index < -0.39 is 0 Å². The van der Waals surface area contributed by atoms with Gasteiger partial charge in [0.1, 0.15) is 10.8 Å². The van der Waals surface area contributed by atoms with Crippen LogP contribution < -0.4 is 5.32 Å². The van der Waals surface area contributed by atoms with Crippen LogP contribution in [0.25, 0.3) is 10.6 Å². The van der Waals surface area contributed by atoms with Gasteiger partial charge < -0.3 is 10.4 Å². The number of nitrogens with zero attached hydrogens (tertiary/aromatic N) is 1. The molecule has 4 heteroatoms. The van der Waals surface area contributed by atoms with E-state index in [1.807, 2.05) is 12.1 Å². The number of phenols is 1. The Labute approximate surface area is 124 Å². The third-order valence-electron chi connectivity index (χ3n) is 3.04. The number of benzene rings is 1. The molecule has 2 aromatic rings. The number of hydrogen-bond acceptors (Lipinski definition) is 4. The molecule has 2 rings (SSSR count). The minimum absolute atomic E-state index is 0.283.